The minimum atomic E-state index is 0.478. The van der Waals surface area contributed by atoms with Crippen LogP contribution in [0.5, 0.6) is 0 Å². The lowest BCUT2D eigenvalue weighted by Crippen LogP contribution is -2.33. The van der Waals surface area contributed by atoms with Gasteiger partial charge in [-0.15, -0.1) is 0 Å². The van der Waals surface area contributed by atoms with Crippen LogP contribution in [-0.2, 0) is 7.05 Å². The fourth-order valence-corrected chi connectivity index (χ4v) is 2.59. The third-order valence-corrected chi connectivity index (χ3v) is 3.82. The highest BCUT2D eigenvalue weighted by atomic mass is 15.3. The topological polar surface area (TPSA) is 33.1 Å². The van der Waals surface area contributed by atoms with Crippen LogP contribution in [0.3, 0.4) is 0 Å². The Labute approximate surface area is 110 Å². The molecule has 1 aromatic rings. The molecule has 0 spiro atoms. The van der Waals surface area contributed by atoms with Crippen molar-refractivity contribution in [3.8, 4) is 0 Å². The molecule has 0 aromatic carbocycles. The quantitative estimate of drug-likeness (QED) is 0.890. The molecule has 0 aliphatic carbocycles. The minimum absolute atomic E-state index is 0.478. The Morgan fingerprint density at radius 2 is 2.00 bits per heavy atom. The number of rotatable bonds is 4. The number of hydrogen-bond acceptors (Lipinski definition) is 3. The average Bonchev–Trinajstić information content (AvgIpc) is 2.70. The first-order valence-corrected chi connectivity index (χ1v) is 7.02. The molecule has 0 saturated carbocycles. The Hall–Kier alpha value is -1.03. The van der Waals surface area contributed by atoms with Crippen LogP contribution >= 0.6 is 0 Å². The van der Waals surface area contributed by atoms with Gasteiger partial charge in [0, 0.05) is 19.8 Å². The lowest BCUT2D eigenvalue weighted by atomic mass is 9.97. The molecule has 0 atom stereocenters. The van der Waals surface area contributed by atoms with Gasteiger partial charge in [-0.3, -0.25) is 4.68 Å². The van der Waals surface area contributed by atoms with Crippen LogP contribution < -0.4 is 5.32 Å². The van der Waals surface area contributed by atoms with Gasteiger partial charge in [-0.25, -0.2) is 0 Å². The fourth-order valence-electron chi connectivity index (χ4n) is 2.59. The summed E-state index contributed by atoms with van der Waals surface area (Å²) in [4.78, 5) is 2.42. The molecule has 0 radical (unpaired) electrons. The zero-order chi connectivity index (χ0) is 13.1. The summed E-state index contributed by atoms with van der Waals surface area (Å²) in [5, 5.41) is 8.13. The molecule has 4 heteroatoms. The van der Waals surface area contributed by atoms with Gasteiger partial charge in [0.15, 0.2) is 0 Å². The highest BCUT2D eigenvalue weighted by Crippen LogP contribution is 2.23. The summed E-state index contributed by atoms with van der Waals surface area (Å²) in [6.07, 6.45) is 4.71. The second kappa shape index (κ2) is 5.74. The summed E-state index contributed by atoms with van der Waals surface area (Å²) in [5.74, 6) is 1.28. The van der Waals surface area contributed by atoms with Crippen LogP contribution in [0, 0.1) is 5.92 Å². The molecule has 1 aliphatic rings. The van der Waals surface area contributed by atoms with Gasteiger partial charge in [-0.05, 0) is 44.8 Å². The van der Waals surface area contributed by atoms with E-state index in [1.54, 1.807) is 0 Å². The number of nitrogens with one attached hydrogen (secondary N) is 1. The van der Waals surface area contributed by atoms with E-state index in [9.17, 15) is 0 Å². The van der Waals surface area contributed by atoms with E-state index < -0.39 is 0 Å². The summed E-state index contributed by atoms with van der Waals surface area (Å²) in [6, 6.07) is 0. The molecule has 1 fully saturated rings. The highest BCUT2D eigenvalue weighted by Gasteiger charge is 2.18. The van der Waals surface area contributed by atoms with Gasteiger partial charge in [0.05, 0.1) is 11.4 Å². The summed E-state index contributed by atoms with van der Waals surface area (Å²) in [6.45, 7) is 7.94. The number of aryl methyl sites for hydroxylation is 1. The van der Waals surface area contributed by atoms with Gasteiger partial charge in [0.1, 0.15) is 0 Å². The van der Waals surface area contributed by atoms with Crippen molar-refractivity contribution in [2.75, 3.05) is 32.0 Å². The van der Waals surface area contributed by atoms with E-state index in [1.165, 1.54) is 37.3 Å². The lowest BCUT2D eigenvalue weighted by molar-refractivity contribution is 0.226. The van der Waals surface area contributed by atoms with Gasteiger partial charge in [-0.2, -0.15) is 5.10 Å². The van der Waals surface area contributed by atoms with Crippen molar-refractivity contribution in [3.05, 3.63) is 11.9 Å². The second-order valence-electron chi connectivity index (χ2n) is 5.88. The van der Waals surface area contributed by atoms with Crippen LogP contribution in [0.25, 0.3) is 0 Å². The Kier molecular flexibility index (Phi) is 4.27. The van der Waals surface area contributed by atoms with Crippen LogP contribution in [0.2, 0.25) is 0 Å². The van der Waals surface area contributed by atoms with E-state index in [4.69, 9.17) is 0 Å². The molecule has 102 valence electrons. The van der Waals surface area contributed by atoms with E-state index >= 15 is 0 Å². The van der Waals surface area contributed by atoms with Crippen molar-refractivity contribution in [2.24, 2.45) is 13.0 Å². The van der Waals surface area contributed by atoms with Crippen LogP contribution in [0.4, 0.5) is 5.69 Å². The van der Waals surface area contributed by atoms with E-state index in [0.29, 0.717) is 5.92 Å². The maximum atomic E-state index is 4.53. The standard InChI is InChI=1S/C14H26N4/c1-11(2)14-13(10-18(4)16-14)15-9-12-5-7-17(3)8-6-12/h10-12,15H,5-9H2,1-4H3. The van der Waals surface area contributed by atoms with Crippen molar-refractivity contribution < 1.29 is 0 Å². The SMILES string of the molecule is CC(C)c1nn(C)cc1NCC1CCN(C)CC1. The molecule has 1 N–H and O–H groups in total. The van der Waals surface area contributed by atoms with Crippen molar-refractivity contribution in [3.63, 3.8) is 0 Å². The summed E-state index contributed by atoms with van der Waals surface area (Å²) < 4.78 is 1.91. The Balaban J connectivity index is 1.90. The first-order valence-electron chi connectivity index (χ1n) is 7.02. The first-order chi connectivity index (χ1) is 8.56. The molecule has 18 heavy (non-hydrogen) atoms. The fraction of sp³-hybridized carbons (Fsp3) is 0.786. The van der Waals surface area contributed by atoms with E-state index in [1.807, 2.05) is 11.7 Å². The molecule has 2 rings (SSSR count). The average molecular weight is 250 g/mol. The zero-order valence-corrected chi connectivity index (χ0v) is 12.1. The molecule has 0 amide bonds. The first kappa shape index (κ1) is 13.4. The number of aromatic nitrogens is 2. The zero-order valence-electron chi connectivity index (χ0n) is 12.1. The Morgan fingerprint density at radius 1 is 1.33 bits per heavy atom. The van der Waals surface area contributed by atoms with Gasteiger partial charge >= 0.3 is 0 Å². The third kappa shape index (κ3) is 3.25. The molecule has 4 nitrogen and oxygen atoms in total. The van der Waals surface area contributed by atoms with Gasteiger partial charge in [0.25, 0.3) is 0 Å². The molecular weight excluding hydrogens is 224 g/mol. The lowest BCUT2D eigenvalue weighted by Gasteiger charge is -2.29. The van der Waals surface area contributed by atoms with Crippen molar-refractivity contribution in [1.29, 1.82) is 0 Å². The number of nitrogens with zero attached hydrogens (tertiary/aromatic N) is 3. The van der Waals surface area contributed by atoms with Crippen LogP contribution in [-0.4, -0.2) is 41.4 Å². The third-order valence-electron chi connectivity index (χ3n) is 3.82. The maximum absolute atomic E-state index is 4.53. The predicted molar refractivity (Wildman–Crippen MR) is 76.0 cm³/mol. The smallest absolute Gasteiger partial charge is 0.0881 e. The monoisotopic (exact) mass is 250 g/mol. The molecule has 2 heterocycles. The minimum Gasteiger partial charge on any atom is -0.382 e. The molecule has 0 unspecified atom stereocenters. The van der Waals surface area contributed by atoms with E-state index in [2.05, 4.69) is 42.4 Å². The molecule has 1 aliphatic heterocycles. The largest absolute Gasteiger partial charge is 0.382 e. The predicted octanol–water partition coefficient (Wildman–Crippen LogP) is 2.30. The summed E-state index contributed by atoms with van der Waals surface area (Å²) >= 11 is 0. The van der Waals surface area contributed by atoms with Crippen molar-refractivity contribution in [2.45, 2.75) is 32.6 Å². The highest BCUT2D eigenvalue weighted by molar-refractivity contribution is 5.47. The molecule has 1 aromatic heterocycles. The Bertz CT molecular complexity index is 375. The van der Waals surface area contributed by atoms with Crippen molar-refractivity contribution >= 4 is 5.69 Å². The number of hydrogen-bond donors (Lipinski definition) is 1. The number of anilines is 1. The van der Waals surface area contributed by atoms with Gasteiger partial charge < -0.3 is 10.2 Å². The van der Waals surface area contributed by atoms with Gasteiger partial charge in [-0.1, -0.05) is 13.8 Å². The van der Waals surface area contributed by atoms with Gasteiger partial charge in [0.2, 0.25) is 0 Å². The molecule has 1 saturated heterocycles. The normalized spacial score (nSPS) is 18.5. The van der Waals surface area contributed by atoms with Crippen LogP contribution in [0.1, 0.15) is 38.3 Å². The summed E-state index contributed by atoms with van der Waals surface area (Å²) in [7, 11) is 4.20. The van der Waals surface area contributed by atoms with Crippen LogP contribution in [0.15, 0.2) is 6.20 Å². The van der Waals surface area contributed by atoms with E-state index in [0.717, 1.165) is 12.5 Å². The van der Waals surface area contributed by atoms with E-state index in [-0.39, 0.29) is 0 Å². The molecular formula is C14H26N4. The summed E-state index contributed by atoms with van der Waals surface area (Å²) in [5.41, 5.74) is 2.40. The second-order valence-corrected chi connectivity index (χ2v) is 5.88. The van der Waals surface area contributed by atoms with Crippen molar-refractivity contribution in [1.82, 2.24) is 14.7 Å². The number of likely N-dealkylation sites (tertiary alicyclic amines) is 1. The maximum Gasteiger partial charge on any atom is 0.0881 e. The molecule has 0 bridgehead atoms. The number of piperidine rings is 1. The Morgan fingerprint density at radius 3 is 2.61 bits per heavy atom.